The Kier molecular flexibility index (Phi) is 5.70. The summed E-state index contributed by atoms with van der Waals surface area (Å²) < 4.78 is 0. The van der Waals surface area contributed by atoms with Gasteiger partial charge in [-0.05, 0) is 18.1 Å². The van der Waals surface area contributed by atoms with Crippen molar-refractivity contribution in [2.75, 3.05) is 0 Å². The van der Waals surface area contributed by atoms with Crippen molar-refractivity contribution in [2.24, 2.45) is 5.73 Å². The molecule has 3 nitrogen and oxygen atoms in total. The standard InChI is InChI=1S/C11H15N3/c1-3-5-9(6-12)11(4-2)10(7-13)8-14/h3-8,12-13H,2,14H2,1H3/b5-3+,10-8+,11-9+,12-6?,13-7?. The molecule has 14 heavy (non-hydrogen) atoms. The van der Waals surface area contributed by atoms with Gasteiger partial charge in [-0.1, -0.05) is 24.8 Å². The van der Waals surface area contributed by atoms with Gasteiger partial charge in [0.2, 0.25) is 0 Å². The van der Waals surface area contributed by atoms with E-state index in [2.05, 4.69) is 6.58 Å². The maximum atomic E-state index is 7.22. The zero-order chi connectivity index (χ0) is 11.0. The highest BCUT2D eigenvalue weighted by Crippen LogP contribution is 2.13. The van der Waals surface area contributed by atoms with Gasteiger partial charge in [-0.3, -0.25) is 0 Å². The monoisotopic (exact) mass is 189 g/mol. The highest BCUT2D eigenvalue weighted by atomic mass is 14.5. The van der Waals surface area contributed by atoms with E-state index in [-0.39, 0.29) is 0 Å². The predicted octanol–water partition coefficient (Wildman–Crippen LogP) is 2.19. The fraction of sp³-hybridized carbons (Fsp3) is 0.0909. The van der Waals surface area contributed by atoms with Crippen LogP contribution in [0.2, 0.25) is 0 Å². The summed E-state index contributed by atoms with van der Waals surface area (Å²) in [6.45, 7) is 5.50. The maximum absolute atomic E-state index is 7.22. The van der Waals surface area contributed by atoms with E-state index in [4.69, 9.17) is 16.6 Å². The molecule has 0 fully saturated rings. The van der Waals surface area contributed by atoms with E-state index in [1.807, 2.05) is 13.0 Å². The van der Waals surface area contributed by atoms with Gasteiger partial charge in [0, 0.05) is 24.2 Å². The van der Waals surface area contributed by atoms with Crippen LogP contribution in [-0.4, -0.2) is 12.4 Å². The molecule has 0 aromatic rings. The lowest BCUT2D eigenvalue weighted by Crippen LogP contribution is -1.97. The van der Waals surface area contributed by atoms with Crippen molar-refractivity contribution in [3.63, 3.8) is 0 Å². The van der Waals surface area contributed by atoms with Crippen molar-refractivity contribution in [1.29, 1.82) is 10.8 Å². The van der Waals surface area contributed by atoms with Crippen LogP contribution in [0, 0.1) is 10.8 Å². The Morgan fingerprint density at radius 3 is 2.21 bits per heavy atom. The average Bonchev–Trinajstić information content (AvgIpc) is 2.23. The summed E-state index contributed by atoms with van der Waals surface area (Å²) in [6.07, 6.45) is 8.87. The van der Waals surface area contributed by atoms with E-state index in [1.54, 1.807) is 12.2 Å². The summed E-state index contributed by atoms with van der Waals surface area (Å²) in [5.41, 5.74) is 7.28. The van der Waals surface area contributed by atoms with Gasteiger partial charge in [-0.25, -0.2) is 0 Å². The molecule has 74 valence electrons. The summed E-state index contributed by atoms with van der Waals surface area (Å²) in [6, 6.07) is 0. The lowest BCUT2D eigenvalue weighted by atomic mass is 10.0. The first-order valence-electron chi connectivity index (χ1n) is 4.17. The molecule has 0 saturated carbocycles. The van der Waals surface area contributed by atoms with Gasteiger partial charge in [0.25, 0.3) is 0 Å². The topological polar surface area (TPSA) is 73.7 Å². The number of hydrogen-bond acceptors (Lipinski definition) is 3. The van der Waals surface area contributed by atoms with Gasteiger partial charge < -0.3 is 16.6 Å². The fourth-order valence-electron chi connectivity index (χ4n) is 1.01. The van der Waals surface area contributed by atoms with E-state index >= 15 is 0 Å². The molecule has 0 radical (unpaired) electrons. The van der Waals surface area contributed by atoms with Crippen LogP contribution >= 0.6 is 0 Å². The van der Waals surface area contributed by atoms with Crippen molar-refractivity contribution < 1.29 is 0 Å². The third-order valence-corrected chi connectivity index (χ3v) is 1.66. The van der Waals surface area contributed by atoms with Crippen LogP contribution in [0.4, 0.5) is 0 Å². The molecule has 0 unspecified atom stereocenters. The first-order chi connectivity index (χ1) is 6.74. The lowest BCUT2D eigenvalue weighted by molar-refractivity contribution is 1.44. The molecule has 0 heterocycles. The maximum Gasteiger partial charge on any atom is 0.0271 e. The fourth-order valence-corrected chi connectivity index (χ4v) is 1.01. The van der Waals surface area contributed by atoms with Gasteiger partial charge >= 0.3 is 0 Å². The van der Waals surface area contributed by atoms with Crippen LogP contribution in [0.15, 0.2) is 47.7 Å². The molecule has 0 saturated heterocycles. The molecule has 0 atom stereocenters. The van der Waals surface area contributed by atoms with Gasteiger partial charge in [-0.2, -0.15) is 0 Å². The molecule has 0 rings (SSSR count). The minimum absolute atomic E-state index is 0.552. The molecular formula is C11H15N3. The highest BCUT2D eigenvalue weighted by molar-refractivity contribution is 5.91. The Bertz CT molecular complexity index is 319. The predicted molar refractivity (Wildman–Crippen MR) is 61.9 cm³/mol. The molecule has 0 amide bonds. The minimum atomic E-state index is 0.552. The molecule has 3 heteroatoms. The second-order valence-corrected chi connectivity index (χ2v) is 2.48. The minimum Gasteiger partial charge on any atom is -0.404 e. The Balaban J connectivity index is 5.49. The van der Waals surface area contributed by atoms with E-state index in [1.165, 1.54) is 12.4 Å². The second-order valence-electron chi connectivity index (χ2n) is 2.48. The van der Waals surface area contributed by atoms with Crippen LogP contribution < -0.4 is 5.73 Å². The third-order valence-electron chi connectivity index (χ3n) is 1.66. The van der Waals surface area contributed by atoms with Crippen molar-refractivity contribution in [3.8, 4) is 0 Å². The summed E-state index contributed by atoms with van der Waals surface area (Å²) in [5, 5.41) is 14.4. The largest absolute Gasteiger partial charge is 0.404 e. The molecule has 0 aromatic carbocycles. The SMILES string of the molecule is C=CC(/C(C=N)=C/N)=C(C=N)/C=C/C. The van der Waals surface area contributed by atoms with Crippen LogP contribution in [0.5, 0.6) is 0 Å². The van der Waals surface area contributed by atoms with Crippen LogP contribution in [0.1, 0.15) is 6.92 Å². The average molecular weight is 189 g/mol. The van der Waals surface area contributed by atoms with Crippen molar-refractivity contribution in [2.45, 2.75) is 6.92 Å². The van der Waals surface area contributed by atoms with E-state index in [0.29, 0.717) is 16.7 Å². The van der Waals surface area contributed by atoms with Crippen molar-refractivity contribution in [3.05, 3.63) is 47.7 Å². The first kappa shape index (κ1) is 12.1. The van der Waals surface area contributed by atoms with Crippen molar-refractivity contribution >= 4 is 12.4 Å². The molecular weight excluding hydrogens is 174 g/mol. The van der Waals surface area contributed by atoms with Gasteiger partial charge in [0.05, 0.1) is 0 Å². The normalized spacial score (nSPS) is 13.6. The second kappa shape index (κ2) is 6.60. The van der Waals surface area contributed by atoms with Gasteiger partial charge in [-0.15, -0.1) is 0 Å². The highest BCUT2D eigenvalue weighted by Gasteiger charge is 2.02. The van der Waals surface area contributed by atoms with Crippen LogP contribution in [-0.2, 0) is 0 Å². The number of nitrogens with two attached hydrogens (primary N) is 1. The number of hydrogen-bond donors (Lipinski definition) is 3. The Hall–Kier alpha value is -1.90. The van der Waals surface area contributed by atoms with Crippen molar-refractivity contribution in [1.82, 2.24) is 0 Å². The lowest BCUT2D eigenvalue weighted by Gasteiger charge is -2.04. The molecule has 4 N–H and O–H groups in total. The molecule has 0 aromatic heterocycles. The molecule has 0 bridgehead atoms. The number of nitrogens with one attached hydrogen (secondary N) is 2. The van der Waals surface area contributed by atoms with E-state index in [0.717, 1.165) is 6.21 Å². The Morgan fingerprint density at radius 2 is 1.93 bits per heavy atom. The summed E-state index contributed by atoms with van der Waals surface area (Å²) in [4.78, 5) is 0. The summed E-state index contributed by atoms with van der Waals surface area (Å²) in [7, 11) is 0. The number of rotatable bonds is 5. The quantitative estimate of drug-likeness (QED) is 0.450. The van der Waals surface area contributed by atoms with Crippen LogP contribution in [0.3, 0.4) is 0 Å². The van der Waals surface area contributed by atoms with E-state index < -0.39 is 0 Å². The molecule has 0 spiro atoms. The Labute approximate surface area is 84.3 Å². The summed E-state index contributed by atoms with van der Waals surface area (Å²) >= 11 is 0. The van der Waals surface area contributed by atoms with Gasteiger partial charge in [0.1, 0.15) is 0 Å². The van der Waals surface area contributed by atoms with Crippen LogP contribution in [0.25, 0.3) is 0 Å². The molecule has 0 aliphatic heterocycles. The zero-order valence-electron chi connectivity index (χ0n) is 8.25. The first-order valence-corrected chi connectivity index (χ1v) is 4.17. The number of allylic oxidation sites excluding steroid dienone is 6. The molecule has 0 aliphatic rings. The summed E-state index contributed by atoms with van der Waals surface area (Å²) in [5.74, 6) is 0. The molecule has 0 aliphatic carbocycles. The third kappa shape index (κ3) is 2.86. The Morgan fingerprint density at radius 1 is 1.29 bits per heavy atom. The smallest absolute Gasteiger partial charge is 0.0271 e. The zero-order valence-corrected chi connectivity index (χ0v) is 8.25. The van der Waals surface area contributed by atoms with Gasteiger partial charge in [0.15, 0.2) is 0 Å². The van der Waals surface area contributed by atoms with E-state index in [9.17, 15) is 0 Å².